The van der Waals surface area contributed by atoms with Crippen LogP contribution in [-0.2, 0) is 0 Å². The maximum atomic E-state index is 12.8. The van der Waals surface area contributed by atoms with E-state index in [9.17, 15) is 4.79 Å². The molecule has 3 saturated heterocycles. The zero-order valence-corrected chi connectivity index (χ0v) is 16.1. The first kappa shape index (κ1) is 17.7. The fourth-order valence-corrected chi connectivity index (χ4v) is 5.40. The standard InChI is InChI=1S/C19H24N2OS.ClH/c1-12-4-5-14-11-16(23-15(14)10-12)18(22)20-17-13-6-8-21(9-7-13)19(17,2)3;/h4-5,10-11,13,17H,6-9H2,1-3H3,(H,20,22);1H. The average molecular weight is 365 g/mol. The highest BCUT2D eigenvalue weighted by Crippen LogP contribution is 2.39. The molecule has 3 aliphatic heterocycles. The van der Waals surface area contributed by atoms with Gasteiger partial charge in [-0.1, -0.05) is 12.1 Å². The molecule has 1 N–H and O–H groups in total. The topological polar surface area (TPSA) is 32.3 Å². The summed E-state index contributed by atoms with van der Waals surface area (Å²) in [6.45, 7) is 8.99. The molecule has 5 heteroatoms. The second-order valence-electron chi connectivity index (χ2n) is 7.58. The Labute approximate surface area is 153 Å². The van der Waals surface area contributed by atoms with Crippen molar-refractivity contribution in [3.63, 3.8) is 0 Å². The van der Waals surface area contributed by atoms with Gasteiger partial charge in [0.05, 0.1) is 4.88 Å². The van der Waals surface area contributed by atoms with Crippen molar-refractivity contribution in [3.05, 3.63) is 34.7 Å². The van der Waals surface area contributed by atoms with E-state index in [0.717, 1.165) is 4.88 Å². The smallest absolute Gasteiger partial charge is 0.261 e. The Balaban J connectivity index is 0.00000169. The Morgan fingerprint density at radius 1 is 1.25 bits per heavy atom. The highest BCUT2D eigenvalue weighted by atomic mass is 35.5. The van der Waals surface area contributed by atoms with Crippen molar-refractivity contribution >= 4 is 39.7 Å². The third-order valence-corrected chi connectivity index (χ3v) is 6.87. The molecule has 1 amide bonds. The third kappa shape index (κ3) is 2.85. The van der Waals surface area contributed by atoms with Gasteiger partial charge in [-0.15, -0.1) is 23.7 Å². The molecular weight excluding hydrogens is 340 g/mol. The molecule has 3 fully saturated rings. The summed E-state index contributed by atoms with van der Waals surface area (Å²) in [7, 11) is 0. The molecule has 5 rings (SSSR count). The number of rotatable bonds is 2. The van der Waals surface area contributed by atoms with Crippen molar-refractivity contribution in [2.24, 2.45) is 5.92 Å². The second-order valence-corrected chi connectivity index (χ2v) is 8.66. The van der Waals surface area contributed by atoms with Crippen molar-refractivity contribution in [3.8, 4) is 0 Å². The first-order chi connectivity index (χ1) is 10.9. The summed E-state index contributed by atoms with van der Waals surface area (Å²) in [6, 6.07) is 8.66. The lowest BCUT2D eigenvalue weighted by Crippen LogP contribution is -2.69. The molecule has 4 heterocycles. The maximum Gasteiger partial charge on any atom is 0.261 e. The lowest BCUT2D eigenvalue weighted by atomic mass is 9.72. The molecule has 0 radical (unpaired) electrons. The van der Waals surface area contributed by atoms with Crippen LogP contribution >= 0.6 is 23.7 Å². The Bertz CT molecular complexity index is 762. The summed E-state index contributed by atoms with van der Waals surface area (Å²) in [4.78, 5) is 16.2. The number of hydrogen-bond acceptors (Lipinski definition) is 3. The fraction of sp³-hybridized carbons (Fsp3) is 0.526. The van der Waals surface area contributed by atoms with Gasteiger partial charge in [-0.05, 0) is 75.7 Å². The van der Waals surface area contributed by atoms with Crippen LogP contribution in [0.25, 0.3) is 10.1 Å². The summed E-state index contributed by atoms with van der Waals surface area (Å²) in [5.74, 6) is 0.714. The van der Waals surface area contributed by atoms with E-state index >= 15 is 0 Å². The molecule has 0 spiro atoms. The second kappa shape index (κ2) is 6.32. The van der Waals surface area contributed by atoms with Gasteiger partial charge in [0.2, 0.25) is 0 Å². The summed E-state index contributed by atoms with van der Waals surface area (Å²) >= 11 is 1.60. The minimum absolute atomic E-state index is 0. The monoisotopic (exact) mass is 364 g/mol. The number of carbonyl (C=O) groups is 1. The van der Waals surface area contributed by atoms with E-state index in [1.807, 2.05) is 6.07 Å². The summed E-state index contributed by atoms with van der Waals surface area (Å²) < 4.78 is 1.20. The molecule has 1 atom stereocenters. The maximum absolute atomic E-state index is 12.8. The molecule has 0 aliphatic carbocycles. The van der Waals surface area contributed by atoms with E-state index in [2.05, 4.69) is 49.2 Å². The third-order valence-electron chi connectivity index (χ3n) is 5.77. The first-order valence-electron chi connectivity index (χ1n) is 8.51. The van der Waals surface area contributed by atoms with E-state index < -0.39 is 0 Å². The van der Waals surface area contributed by atoms with E-state index in [4.69, 9.17) is 0 Å². The van der Waals surface area contributed by atoms with Crippen LogP contribution in [-0.4, -0.2) is 35.5 Å². The minimum atomic E-state index is 0. The molecular formula is C19H25ClN2OS. The predicted octanol–water partition coefficient (Wildman–Crippen LogP) is 4.23. The number of piperidine rings is 3. The van der Waals surface area contributed by atoms with Crippen LogP contribution in [0.3, 0.4) is 0 Å². The number of benzene rings is 1. The van der Waals surface area contributed by atoms with Gasteiger partial charge in [-0.3, -0.25) is 9.69 Å². The number of carbonyl (C=O) groups excluding carboxylic acids is 1. The molecule has 3 nitrogen and oxygen atoms in total. The predicted molar refractivity (Wildman–Crippen MR) is 103 cm³/mol. The molecule has 2 bridgehead atoms. The van der Waals surface area contributed by atoms with Crippen LogP contribution in [0.4, 0.5) is 0 Å². The van der Waals surface area contributed by atoms with E-state index in [0.29, 0.717) is 5.92 Å². The quantitative estimate of drug-likeness (QED) is 0.864. The Hall–Kier alpha value is -1.10. The van der Waals surface area contributed by atoms with Crippen LogP contribution in [0, 0.1) is 12.8 Å². The van der Waals surface area contributed by atoms with Gasteiger partial charge in [0.25, 0.3) is 5.91 Å². The molecule has 1 aromatic heterocycles. The molecule has 1 aromatic carbocycles. The van der Waals surface area contributed by atoms with Crippen LogP contribution in [0.5, 0.6) is 0 Å². The number of fused-ring (bicyclic) bond motifs is 4. The summed E-state index contributed by atoms with van der Waals surface area (Å²) in [6.07, 6.45) is 2.42. The zero-order valence-electron chi connectivity index (χ0n) is 14.5. The van der Waals surface area contributed by atoms with Crippen molar-refractivity contribution in [1.82, 2.24) is 10.2 Å². The van der Waals surface area contributed by atoms with E-state index in [1.165, 1.54) is 41.6 Å². The SMILES string of the molecule is Cc1ccc2cc(C(=O)NC3C4CCN(CC4)C3(C)C)sc2c1.Cl. The lowest BCUT2D eigenvalue weighted by molar-refractivity contribution is -0.0377. The van der Waals surface area contributed by atoms with Crippen molar-refractivity contribution < 1.29 is 4.79 Å². The van der Waals surface area contributed by atoms with Gasteiger partial charge in [0, 0.05) is 16.3 Å². The van der Waals surface area contributed by atoms with E-state index in [-0.39, 0.29) is 29.9 Å². The molecule has 0 saturated carbocycles. The van der Waals surface area contributed by atoms with Gasteiger partial charge in [-0.2, -0.15) is 0 Å². The van der Waals surface area contributed by atoms with Gasteiger partial charge in [-0.25, -0.2) is 0 Å². The molecule has 24 heavy (non-hydrogen) atoms. The molecule has 1 unspecified atom stereocenters. The Morgan fingerprint density at radius 3 is 2.62 bits per heavy atom. The highest BCUT2D eigenvalue weighted by molar-refractivity contribution is 7.20. The minimum Gasteiger partial charge on any atom is -0.346 e. The number of amides is 1. The van der Waals surface area contributed by atoms with Crippen molar-refractivity contribution in [1.29, 1.82) is 0 Å². The van der Waals surface area contributed by atoms with Crippen LogP contribution in [0.1, 0.15) is 41.9 Å². The van der Waals surface area contributed by atoms with Crippen LogP contribution in [0.2, 0.25) is 0 Å². The number of aryl methyl sites for hydroxylation is 1. The first-order valence-corrected chi connectivity index (χ1v) is 9.33. The summed E-state index contributed by atoms with van der Waals surface area (Å²) in [5.41, 5.74) is 1.30. The van der Waals surface area contributed by atoms with E-state index in [1.54, 1.807) is 11.3 Å². The van der Waals surface area contributed by atoms with Crippen LogP contribution in [0.15, 0.2) is 24.3 Å². The van der Waals surface area contributed by atoms with Crippen LogP contribution < -0.4 is 5.32 Å². The van der Waals surface area contributed by atoms with Gasteiger partial charge in [0.1, 0.15) is 0 Å². The number of nitrogens with zero attached hydrogens (tertiary/aromatic N) is 1. The number of halogens is 1. The molecule has 3 aliphatic rings. The van der Waals surface area contributed by atoms with Gasteiger partial charge >= 0.3 is 0 Å². The lowest BCUT2D eigenvalue weighted by Gasteiger charge is -2.56. The largest absolute Gasteiger partial charge is 0.346 e. The Morgan fingerprint density at radius 2 is 1.96 bits per heavy atom. The van der Waals surface area contributed by atoms with Crippen molar-refractivity contribution in [2.45, 2.75) is 45.2 Å². The van der Waals surface area contributed by atoms with Gasteiger partial charge < -0.3 is 5.32 Å². The number of thiophene rings is 1. The van der Waals surface area contributed by atoms with Gasteiger partial charge in [0.15, 0.2) is 0 Å². The molecule has 2 aromatic rings. The Kier molecular flexibility index (Phi) is 4.67. The number of hydrogen-bond donors (Lipinski definition) is 1. The normalized spacial score (nSPS) is 27.7. The summed E-state index contributed by atoms with van der Waals surface area (Å²) in [5, 5.41) is 4.53. The zero-order chi connectivity index (χ0) is 16.2. The molecule has 130 valence electrons. The van der Waals surface area contributed by atoms with Crippen molar-refractivity contribution in [2.75, 3.05) is 13.1 Å². The average Bonchev–Trinajstić information content (AvgIpc) is 2.94. The fourth-order valence-electron chi connectivity index (χ4n) is 4.34. The highest BCUT2D eigenvalue weighted by Gasteiger charge is 2.48. The number of nitrogens with one attached hydrogen (secondary N) is 1.